The Bertz CT molecular complexity index is 1040. The van der Waals surface area contributed by atoms with Gasteiger partial charge in [0.05, 0.1) is 0 Å². The van der Waals surface area contributed by atoms with E-state index in [1.54, 1.807) is 0 Å². The van der Waals surface area contributed by atoms with Crippen molar-refractivity contribution < 1.29 is 4.74 Å². The second kappa shape index (κ2) is 8.87. The van der Waals surface area contributed by atoms with E-state index in [9.17, 15) is 0 Å². The summed E-state index contributed by atoms with van der Waals surface area (Å²) in [5, 5.41) is 0. The van der Waals surface area contributed by atoms with Crippen LogP contribution in [-0.2, 0) is 0 Å². The first-order valence-corrected chi connectivity index (χ1v) is 11.6. The quantitative estimate of drug-likeness (QED) is 0.684. The van der Waals surface area contributed by atoms with Crippen molar-refractivity contribution in [3.63, 3.8) is 0 Å². The molecule has 0 saturated carbocycles. The molecule has 4 rings (SSSR count). The first-order chi connectivity index (χ1) is 15.4. The molecule has 32 heavy (non-hydrogen) atoms. The Balaban J connectivity index is 1.76. The van der Waals surface area contributed by atoms with Gasteiger partial charge in [-0.15, -0.1) is 0 Å². The lowest BCUT2D eigenvalue weighted by Gasteiger charge is -2.42. The van der Waals surface area contributed by atoms with Crippen molar-refractivity contribution in [1.29, 1.82) is 0 Å². The van der Waals surface area contributed by atoms with E-state index in [1.165, 1.54) is 11.1 Å². The molecule has 1 fully saturated rings. The largest absolute Gasteiger partial charge is 0.482 e. The van der Waals surface area contributed by atoms with Crippen molar-refractivity contribution in [2.45, 2.75) is 32.3 Å². The number of likely N-dealkylation sites (tertiary alicyclic amines) is 1. The summed E-state index contributed by atoms with van der Waals surface area (Å²) in [6, 6.07) is 14.9. The molecule has 0 unspecified atom stereocenters. The Labute approximate surface area is 192 Å². The van der Waals surface area contributed by atoms with Crippen molar-refractivity contribution in [2.24, 2.45) is 5.73 Å². The molecule has 0 aliphatic carbocycles. The fourth-order valence-corrected chi connectivity index (χ4v) is 4.73. The molecule has 2 aliphatic heterocycles. The first kappa shape index (κ1) is 22.2. The highest BCUT2D eigenvalue weighted by Crippen LogP contribution is 2.44. The van der Waals surface area contributed by atoms with Gasteiger partial charge in [0.25, 0.3) is 0 Å². The lowest BCUT2D eigenvalue weighted by molar-refractivity contribution is 0.0468. The number of piperidine rings is 1. The highest BCUT2D eigenvalue weighted by molar-refractivity contribution is 5.86. The summed E-state index contributed by atoms with van der Waals surface area (Å²) in [4.78, 5) is 4.65. The maximum absolute atomic E-state index is 6.62. The van der Waals surface area contributed by atoms with Crippen LogP contribution >= 0.6 is 0 Å². The molecular formula is C28H35N3O. The zero-order chi connectivity index (χ0) is 22.9. The Morgan fingerprint density at radius 3 is 2.25 bits per heavy atom. The molecule has 2 N–H and O–H groups in total. The normalized spacial score (nSPS) is 17.3. The maximum Gasteiger partial charge on any atom is 0.130 e. The van der Waals surface area contributed by atoms with Crippen LogP contribution in [-0.4, -0.2) is 48.6 Å². The minimum atomic E-state index is -0.264. The third-order valence-corrected chi connectivity index (χ3v) is 6.87. The van der Waals surface area contributed by atoms with E-state index in [0.29, 0.717) is 5.70 Å². The highest BCUT2D eigenvalue weighted by Gasteiger charge is 2.38. The van der Waals surface area contributed by atoms with Crippen molar-refractivity contribution in [1.82, 2.24) is 9.80 Å². The predicted molar refractivity (Wildman–Crippen MR) is 135 cm³/mol. The van der Waals surface area contributed by atoms with Gasteiger partial charge in [0.2, 0.25) is 0 Å². The van der Waals surface area contributed by atoms with Crippen LogP contribution in [0.1, 0.15) is 48.9 Å². The topological polar surface area (TPSA) is 41.7 Å². The molecule has 4 heteroatoms. The van der Waals surface area contributed by atoms with Crippen LogP contribution in [0.5, 0.6) is 5.75 Å². The highest BCUT2D eigenvalue weighted by atomic mass is 16.5. The van der Waals surface area contributed by atoms with Crippen LogP contribution in [0.25, 0.3) is 17.0 Å². The molecule has 1 spiro atoms. The Morgan fingerprint density at radius 1 is 1.03 bits per heavy atom. The standard InChI is InChI=1S/C28H35N3O/c1-6-31(7-2)21(4)22-8-10-23(11-9-22)26-19-28(14-16-30(5)17-15-28)32-27-13-12-24(20(3)29)18-25(26)27/h8-13,18-19H,3-4,6-7,14-17,29H2,1-2,5H3. The zero-order valence-corrected chi connectivity index (χ0v) is 19.7. The fraction of sp³-hybridized carbons (Fsp3) is 0.357. The molecule has 0 atom stereocenters. The molecular weight excluding hydrogens is 394 g/mol. The van der Waals surface area contributed by atoms with Crippen LogP contribution in [0.3, 0.4) is 0 Å². The number of fused-ring (bicyclic) bond motifs is 1. The van der Waals surface area contributed by atoms with E-state index < -0.39 is 0 Å². The van der Waals surface area contributed by atoms with Gasteiger partial charge in [0, 0.05) is 56.0 Å². The third-order valence-electron chi connectivity index (χ3n) is 6.87. The van der Waals surface area contributed by atoms with Crippen LogP contribution in [0, 0.1) is 0 Å². The van der Waals surface area contributed by atoms with Crippen molar-refractivity contribution in [2.75, 3.05) is 33.2 Å². The average molecular weight is 430 g/mol. The summed E-state index contributed by atoms with van der Waals surface area (Å²) in [5.41, 5.74) is 12.9. The predicted octanol–water partition coefficient (Wildman–Crippen LogP) is 5.22. The molecule has 1 saturated heterocycles. The van der Waals surface area contributed by atoms with Crippen LogP contribution in [0.15, 0.2) is 61.7 Å². The molecule has 2 aromatic carbocycles. The number of ether oxygens (including phenoxy) is 1. The molecule has 0 radical (unpaired) electrons. The van der Waals surface area contributed by atoms with Gasteiger partial charge in [0.15, 0.2) is 0 Å². The number of hydrogen-bond donors (Lipinski definition) is 1. The second-order valence-electron chi connectivity index (χ2n) is 8.96. The summed E-state index contributed by atoms with van der Waals surface area (Å²) in [6.45, 7) is 16.5. The molecule has 0 bridgehead atoms. The van der Waals surface area contributed by atoms with Gasteiger partial charge in [0.1, 0.15) is 11.4 Å². The van der Waals surface area contributed by atoms with Crippen molar-refractivity contribution in [3.8, 4) is 5.75 Å². The minimum Gasteiger partial charge on any atom is -0.482 e. The number of hydrogen-bond acceptors (Lipinski definition) is 4. The molecule has 2 aromatic rings. The average Bonchev–Trinajstić information content (AvgIpc) is 2.81. The van der Waals surface area contributed by atoms with Gasteiger partial charge < -0.3 is 20.3 Å². The van der Waals surface area contributed by atoms with Gasteiger partial charge in [-0.1, -0.05) is 37.4 Å². The van der Waals surface area contributed by atoms with Crippen LogP contribution in [0.4, 0.5) is 0 Å². The molecule has 2 heterocycles. The third kappa shape index (κ3) is 4.20. The number of nitrogens with two attached hydrogens (primary N) is 1. The summed E-state index contributed by atoms with van der Waals surface area (Å²) in [6.07, 6.45) is 4.31. The van der Waals surface area contributed by atoms with Gasteiger partial charge in [-0.25, -0.2) is 0 Å². The zero-order valence-electron chi connectivity index (χ0n) is 19.7. The van der Waals surface area contributed by atoms with E-state index in [0.717, 1.165) is 67.2 Å². The smallest absolute Gasteiger partial charge is 0.130 e. The van der Waals surface area contributed by atoms with Gasteiger partial charge in [-0.05, 0) is 67.4 Å². The summed E-state index contributed by atoms with van der Waals surface area (Å²) < 4.78 is 6.62. The van der Waals surface area contributed by atoms with Gasteiger partial charge >= 0.3 is 0 Å². The minimum absolute atomic E-state index is 0.264. The van der Waals surface area contributed by atoms with E-state index in [2.05, 4.69) is 80.3 Å². The maximum atomic E-state index is 6.62. The first-order valence-electron chi connectivity index (χ1n) is 11.6. The molecule has 4 nitrogen and oxygen atoms in total. The van der Waals surface area contributed by atoms with E-state index in [1.807, 2.05) is 12.1 Å². The van der Waals surface area contributed by atoms with E-state index in [-0.39, 0.29) is 5.60 Å². The van der Waals surface area contributed by atoms with Gasteiger partial charge in [-0.2, -0.15) is 0 Å². The Hall–Kier alpha value is -2.98. The summed E-state index contributed by atoms with van der Waals surface area (Å²) >= 11 is 0. The van der Waals surface area contributed by atoms with Crippen LogP contribution < -0.4 is 10.5 Å². The molecule has 2 aliphatic rings. The second-order valence-corrected chi connectivity index (χ2v) is 8.96. The van der Waals surface area contributed by atoms with Gasteiger partial charge in [-0.3, -0.25) is 0 Å². The molecule has 0 aromatic heterocycles. The SMILES string of the molecule is C=C(N)c1ccc2c(c1)C(c1ccc(C(=C)N(CC)CC)cc1)=CC1(CCN(C)CC1)O2. The van der Waals surface area contributed by atoms with Crippen LogP contribution in [0.2, 0.25) is 0 Å². The monoisotopic (exact) mass is 429 g/mol. The fourth-order valence-electron chi connectivity index (χ4n) is 4.73. The summed E-state index contributed by atoms with van der Waals surface area (Å²) in [5.74, 6) is 0.925. The number of benzene rings is 2. The lowest BCUT2D eigenvalue weighted by atomic mass is 9.82. The number of nitrogens with zero attached hydrogens (tertiary/aromatic N) is 2. The van der Waals surface area contributed by atoms with Crippen molar-refractivity contribution >= 4 is 17.0 Å². The van der Waals surface area contributed by atoms with E-state index in [4.69, 9.17) is 10.5 Å². The molecule has 0 amide bonds. The Kier molecular flexibility index (Phi) is 6.16. The summed E-state index contributed by atoms with van der Waals surface area (Å²) in [7, 11) is 2.18. The molecule has 168 valence electrons. The lowest BCUT2D eigenvalue weighted by Crippen LogP contribution is -2.46. The Morgan fingerprint density at radius 2 is 1.66 bits per heavy atom. The van der Waals surface area contributed by atoms with Crippen molar-refractivity contribution in [3.05, 3.63) is 84.0 Å². The number of rotatable bonds is 6. The van der Waals surface area contributed by atoms with E-state index >= 15 is 0 Å².